The lowest BCUT2D eigenvalue weighted by Crippen LogP contribution is -2.55. The summed E-state index contributed by atoms with van der Waals surface area (Å²) in [6, 6.07) is -1.70. The predicted molar refractivity (Wildman–Crippen MR) is 137 cm³/mol. The van der Waals surface area contributed by atoms with Gasteiger partial charge < -0.3 is 24.6 Å². The molecule has 1 aliphatic rings. The van der Waals surface area contributed by atoms with Gasteiger partial charge >= 0.3 is 18.2 Å². The van der Waals surface area contributed by atoms with E-state index >= 15 is 0 Å². The first-order chi connectivity index (χ1) is 16.9. The summed E-state index contributed by atoms with van der Waals surface area (Å²) in [5.74, 6) is -1.87. The molecular formula is C25H42N4O8. The van der Waals surface area contributed by atoms with Gasteiger partial charge in [0.25, 0.3) is 0 Å². The number of carboxylic acid groups (broad SMARTS) is 1. The lowest BCUT2D eigenvalue weighted by Gasteiger charge is -2.36. The van der Waals surface area contributed by atoms with Crippen molar-refractivity contribution in [2.45, 2.75) is 117 Å². The molecular weight excluding hydrogens is 484 g/mol. The van der Waals surface area contributed by atoms with E-state index in [-0.39, 0.29) is 30.0 Å². The normalized spacial score (nSPS) is 19.8. The molecule has 0 saturated heterocycles. The van der Waals surface area contributed by atoms with E-state index in [9.17, 15) is 24.3 Å². The van der Waals surface area contributed by atoms with E-state index in [0.29, 0.717) is 12.8 Å². The highest BCUT2D eigenvalue weighted by atomic mass is 16.6. The molecule has 0 spiro atoms. The fourth-order valence-electron chi connectivity index (χ4n) is 3.53. The Balaban J connectivity index is 3.49. The van der Waals surface area contributed by atoms with Crippen LogP contribution in [0.3, 0.4) is 0 Å². The van der Waals surface area contributed by atoms with Gasteiger partial charge in [-0.25, -0.2) is 19.4 Å². The van der Waals surface area contributed by atoms with Crippen LogP contribution in [-0.4, -0.2) is 70.6 Å². The number of hydrogen-bond donors (Lipinski definition) is 4. The quantitative estimate of drug-likeness (QED) is 0.290. The van der Waals surface area contributed by atoms with E-state index < -0.39 is 47.5 Å². The molecule has 3 amide bonds. The maximum atomic E-state index is 12.5. The molecule has 1 aliphatic carbocycles. The van der Waals surface area contributed by atoms with E-state index in [1.807, 2.05) is 13.8 Å². The van der Waals surface area contributed by atoms with Gasteiger partial charge in [-0.05, 0) is 60.5 Å². The van der Waals surface area contributed by atoms with Gasteiger partial charge in [-0.1, -0.05) is 13.8 Å². The van der Waals surface area contributed by atoms with Crippen LogP contribution < -0.4 is 16.0 Å². The van der Waals surface area contributed by atoms with Crippen LogP contribution in [0, 0.1) is 0 Å². The van der Waals surface area contributed by atoms with Crippen LogP contribution in [0.15, 0.2) is 16.6 Å². The van der Waals surface area contributed by atoms with Crippen LogP contribution in [0.2, 0.25) is 0 Å². The molecule has 0 aromatic heterocycles. The van der Waals surface area contributed by atoms with E-state index in [1.165, 1.54) is 13.0 Å². The highest BCUT2D eigenvalue weighted by Crippen LogP contribution is 2.26. The molecule has 0 fully saturated rings. The van der Waals surface area contributed by atoms with Gasteiger partial charge in [0.2, 0.25) is 11.9 Å². The van der Waals surface area contributed by atoms with Crippen molar-refractivity contribution in [2.75, 3.05) is 0 Å². The number of amides is 3. The van der Waals surface area contributed by atoms with E-state index in [0.717, 1.165) is 0 Å². The molecule has 0 bridgehead atoms. The van der Waals surface area contributed by atoms with Gasteiger partial charge in [0.15, 0.2) is 0 Å². The highest BCUT2D eigenvalue weighted by Gasteiger charge is 2.38. The zero-order chi connectivity index (χ0) is 28.6. The Hall–Kier alpha value is -3.15. The molecule has 1 rings (SSSR count). The zero-order valence-electron chi connectivity index (χ0n) is 23.3. The van der Waals surface area contributed by atoms with Crippen molar-refractivity contribution in [1.82, 2.24) is 16.0 Å². The Bertz CT molecular complexity index is 865. The number of nitrogens with one attached hydrogen (secondary N) is 3. The maximum Gasteiger partial charge on any atom is 0.414 e. The van der Waals surface area contributed by atoms with Crippen LogP contribution in [0.1, 0.15) is 81.6 Å². The summed E-state index contributed by atoms with van der Waals surface area (Å²) < 4.78 is 16.7. The summed E-state index contributed by atoms with van der Waals surface area (Å²) in [6.45, 7) is 15.2. The van der Waals surface area contributed by atoms with Crippen molar-refractivity contribution >= 4 is 30.0 Å². The summed E-state index contributed by atoms with van der Waals surface area (Å²) in [6.07, 6.45) is -0.0680. The van der Waals surface area contributed by atoms with Crippen LogP contribution in [0.4, 0.5) is 9.59 Å². The molecule has 37 heavy (non-hydrogen) atoms. The standard InChI is InChI=1S/C25H42N4O8/c1-10-16(11-2)35-18-13-15(20(31)32)12-17(19(18)26-14(3)30)27-21(28-22(33)36-24(4,5)6)29-23(34)37-25(7,8)9/h13,16-19H,10-12H2,1-9H3,(H,26,30)(H,31,32)(H2,27,28,29,33,34). The number of rotatable bonds is 7. The Morgan fingerprint density at radius 2 is 1.49 bits per heavy atom. The second kappa shape index (κ2) is 13.4. The largest absolute Gasteiger partial charge is 0.478 e. The number of nitrogens with zero attached hydrogens (tertiary/aromatic N) is 1. The summed E-state index contributed by atoms with van der Waals surface area (Å²) in [5.41, 5.74) is -1.64. The molecule has 12 nitrogen and oxygen atoms in total. The molecule has 0 aromatic rings. The molecule has 12 heteroatoms. The summed E-state index contributed by atoms with van der Waals surface area (Å²) in [4.78, 5) is 53.4. The molecule has 4 N–H and O–H groups in total. The Kier molecular flexibility index (Phi) is 11.6. The van der Waals surface area contributed by atoms with Crippen molar-refractivity contribution < 1.29 is 38.5 Å². The van der Waals surface area contributed by atoms with Crippen molar-refractivity contribution in [1.29, 1.82) is 0 Å². The number of ether oxygens (including phenoxy) is 3. The minimum atomic E-state index is -1.17. The third kappa shape index (κ3) is 12.1. The van der Waals surface area contributed by atoms with E-state index in [1.54, 1.807) is 41.5 Å². The SMILES string of the molecule is CCC(CC)OC1C=C(C(=O)O)CC(N=C(NC(=O)OC(C)(C)C)NC(=O)OC(C)(C)C)C1NC(C)=O. The molecule has 0 saturated carbocycles. The van der Waals surface area contributed by atoms with Gasteiger partial charge in [0.1, 0.15) is 11.2 Å². The van der Waals surface area contributed by atoms with Gasteiger partial charge in [-0.15, -0.1) is 0 Å². The predicted octanol–water partition coefficient (Wildman–Crippen LogP) is 3.25. The summed E-state index contributed by atoms with van der Waals surface area (Å²) >= 11 is 0. The van der Waals surface area contributed by atoms with Crippen LogP contribution >= 0.6 is 0 Å². The van der Waals surface area contributed by atoms with E-state index in [2.05, 4.69) is 20.9 Å². The zero-order valence-corrected chi connectivity index (χ0v) is 23.3. The fourth-order valence-corrected chi connectivity index (χ4v) is 3.53. The second-order valence-corrected chi connectivity index (χ2v) is 10.8. The molecule has 3 atom stereocenters. The third-order valence-electron chi connectivity index (χ3n) is 5.00. The fraction of sp³-hybridized carbons (Fsp3) is 0.720. The number of alkyl carbamates (subject to hydrolysis) is 2. The Morgan fingerprint density at radius 1 is 1.00 bits per heavy atom. The Labute approximate surface area is 218 Å². The Morgan fingerprint density at radius 3 is 1.86 bits per heavy atom. The van der Waals surface area contributed by atoms with E-state index in [4.69, 9.17) is 14.2 Å². The first kappa shape index (κ1) is 31.9. The van der Waals surface area contributed by atoms with Gasteiger partial charge in [-0.3, -0.25) is 15.4 Å². The number of aliphatic carboxylic acids is 1. The average Bonchev–Trinajstić information content (AvgIpc) is 2.70. The smallest absolute Gasteiger partial charge is 0.414 e. The number of carboxylic acids is 1. The van der Waals surface area contributed by atoms with Gasteiger partial charge in [0.05, 0.1) is 24.3 Å². The van der Waals surface area contributed by atoms with Crippen LogP contribution in [-0.2, 0) is 23.8 Å². The molecule has 210 valence electrons. The van der Waals surface area contributed by atoms with Crippen LogP contribution in [0.5, 0.6) is 0 Å². The third-order valence-corrected chi connectivity index (χ3v) is 5.00. The minimum Gasteiger partial charge on any atom is -0.478 e. The molecule has 3 unspecified atom stereocenters. The second-order valence-electron chi connectivity index (χ2n) is 10.8. The monoisotopic (exact) mass is 526 g/mol. The maximum absolute atomic E-state index is 12.5. The highest BCUT2D eigenvalue weighted by molar-refractivity contribution is 6.01. The van der Waals surface area contributed by atoms with Crippen molar-refractivity contribution in [3.05, 3.63) is 11.6 Å². The topological polar surface area (TPSA) is 165 Å². The number of aliphatic imine (C=N–C) groups is 1. The number of hydrogen-bond acceptors (Lipinski definition) is 8. The summed E-state index contributed by atoms with van der Waals surface area (Å²) in [7, 11) is 0. The van der Waals surface area contributed by atoms with Gasteiger partial charge in [0, 0.05) is 18.9 Å². The summed E-state index contributed by atoms with van der Waals surface area (Å²) in [5, 5.41) is 17.3. The minimum absolute atomic E-state index is 0.0280. The van der Waals surface area contributed by atoms with Gasteiger partial charge in [-0.2, -0.15) is 0 Å². The van der Waals surface area contributed by atoms with Crippen molar-refractivity contribution in [2.24, 2.45) is 4.99 Å². The average molecular weight is 527 g/mol. The van der Waals surface area contributed by atoms with Crippen molar-refractivity contribution in [3.8, 4) is 0 Å². The van der Waals surface area contributed by atoms with Crippen LogP contribution in [0.25, 0.3) is 0 Å². The molecule has 0 heterocycles. The first-order valence-electron chi connectivity index (χ1n) is 12.4. The number of carbonyl (C=O) groups excluding carboxylic acids is 3. The van der Waals surface area contributed by atoms with Crippen molar-refractivity contribution in [3.63, 3.8) is 0 Å². The lowest BCUT2D eigenvalue weighted by atomic mass is 9.88. The number of guanidine groups is 1. The molecule has 0 aliphatic heterocycles. The first-order valence-corrected chi connectivity index (χ1v) is 12.4. The number of carbonyl (C=O) groups is 4. The lowest BCUT2D eigenvalue weighted by molar-refractivity contribution is -0.133. The molecule has 0 radical (unpaired) electrons. The molecule has 0 aromatic carbocycles.